The fourth-order valence-corrected chi connectivity index (χ4v) is 3.25. The van der Waals surface area contributed by atoms with Gasteiger partial charge in [0.05, 0.1) is 5.41 Å². The van der Waals surface area contributed by atoms with Gasteiger partial charge in [0.1, 0.15) is 12.7 Å². The van der Waals surface area contributed by atoms with E-state index in [1.165, 1.54) is 0 Å². The van der Waals surface area contributed by atoms with E-state index in [-0.39, 0.29) is 25.4 Å². The van der Waals surface area contributed by atoms with Crippen LogP contribution in [0.4, 0.5) is 0 Å². The van der Waals surface area contributed by atoms with Gasteiger partial charge in [0, 0.05) is 0 Å². The van der Waals surface area contributed by atoms with Crippen molar-refractivity contribution in [2.45, 2.75) is 32.0 Å². The first-order chi connectivity index (χ1) is 12.1. The molecule has 0 heterocycles. The van der Waals surface area contributed by atoms with Crippen molar-refractivity contribution in [3.8, 4) is 0 Å². The number of carbonyl (C=O) groups is 1. The Hall–Kier alpha value is -2.89. The van der Waals surface area contributed by atoms with Crippen LogP contribution in [0.2, 0.25) is 0 Å². The third-order valence-corrected chi connectivity index (χ3v) is 4.50. The Morgan fingerprint density at radius 2 is 1.60 bits per heavy atom. The molecule has 0 unspecified atom stereocenters. The van der Waals surface area contributed by atoms with E-state index in [9.17, 15) is 14.9 Å². The van der Waals surface area contributed by atoms with Crippen molar-refractivity contribution >= 4 is 5.97 Å². The molecule has 1 aliphatic rings. The highest BCUT2D eigenvalue weighted by Gasteiger charge is 2.53. The quantitative estimate of drug-likeness (QED) is 0.438. The summed E-state index contributed by atoms with van der Waals surface area (Å²) in [6, 6.07) is 19.0. The van der Waals surface area contributed by atoms with E-state index in [0.29, 0.717) is 6.42 Å². The number of benzene rings is 2. The summed E-state index contributed by atoms with van der Waals surface area (Å²) in [4.78, 5) is 27.8. The lowest BCUT2D eigenvalue weighted by Crippen LogP contribution is -2.50. The molecule has 2 aromatic rings. The lowest BCUT2D eigenvalue weighted by molar-refractivity contribution is -0.773. The molecule has 3 rings (SSSR count). The van der Waals surface area contributed by atoms with E-state index < -0.39 is 16.6 Å². The number of hydrogen-bond acceptors (Lipinski definition) is 5. The molecule has 130 valence electrons. The molecule has 0 aliphatic heterocycles. The minimum absolute atomic E-state index is 0.191. The van der Waals surface area contributed by atoms with E-state index in [4.69, 9.17) is 4.74 Å². The molecule has 1 fully saturated rings. The van der Waals surface area contributed by atoms with Crippen LogP contribution in [-0.4, -0.2) is 17.2 Å². The van der Waals surface area contributed by atoms with Gasteiger partial charge in [-0.25, -0.2) is 0 Å². The van der Waals surface area contributed by atoms with Crippen LogP contribution in [0.25, 0.3) is 0 Å². The van der Waals surface area contributed by atoms with Crippen LogP contribution < -0.4 is 0 Å². The molecule has 0 aromatic heterocycles. The topological polar surface area (TPSA) is 78.7 Å². The standard InChI is InChI=1S/C19H19NO5/c21-18(24-14-16-9-5-2-6-10-16)19(11-15-7-3-1-4-8-15)12-17(13-19)25-20(22)23/h1-10,17H,11-14H2. The number of nitrogens with zero attached hydrogens (tertiary/aromatic N) is 1. The van der Waals surface area contributed by atoms with E-state index in [0.717, 1.165) is 11.1 Å². The average molecular weight is 341 g/mol. The molecule has 1 aliphatic carbocycles. The van der Waals surface area contributed by atoms with Crippen molar-refractivity contribution in [2.75, 3.05) is 0 Å². The van der Waals surface area contributed by atoms with Crippen molar-refractivity contribution in [1.29, 1.82) is 0 Å². The number of carbonyl (C=O) groups excluding carboxylic acids is 1. The number of hydrogen-bond donors (Lipinski definition) is 0. The summed E-state index contributed by atoms with van der Waals surface area (Å²) in [6.07, 6.45) is 0.509. The van der Waals surface area contributed by atoms with Crippen molar-refractivity contribution in [1.82, 2.24) is 0 Å². The molecule has 0 atom stereocenters. The molecule has 6 nitrogen and oxygen atoms in total. The van der Waals surface area contributed by atoms with Crippen molar-refractivity contribution < 1.29 is 19.5 Å². The van der Waals surface area contributed by atoms with Gasteiger partial charge < -0.3 is 9.57 Å². The van der Waals surface area contributed by atoms with Crippen LogP contribution in [0.1, 0.15) is 24.0 Å². The molecule has 0 N–H and O–H groups in total. The van der Waals surface area contributed by atoms with Gasteiger partial charge in [0.25, 0.3) is 5.09 Å². The maximum absolute atomic E-state index is 12.7. The molecule has 2 aromatic carbocycles. The van der Waals surface area contributed by atoms with Gasteiger partial charge in [0.2, 0.25) is 0 Å². The molecular weight excluding hydrogens is 322 g/mol. The van der Waals surface area contributed by atoms with E-state index in [2.05, 4.69) is 4.84 Å². The highest BCUT2D eigenvalue weighted by molar-refractivity contribution is 5.78. The predicted octanol–water partition coefficient (Wildman–Crippen LogP) is 3.33. The van der Waals surface area contributed by atoms with Crippen molar-refractivity contribution in [3.63, 3.8) is 0 Å². The zero-order valence-corrected chi connectivity index (χ0v) is 13.7. The zero-order chi connectivity index (χ0) is 17.7. The second-order valence-electron chi connectivity index (χ2n) is 6.36. The van der Waals surface area contributed by atoms with Crippen LogP contribution in [0.15, 0.2) is 60.7 Å². The average Bonchev–Trinajstić information content (AvgIpc) is 2.59. The molecule has 1 saturated carbocycles. The summed E-state index contributed by atoms with van der Waals surface area (Å²) in [7, 11) is 0. The molecular formula is C19H19NO5. The van der Waals surface area contributed by atoms with Gasteiger partial charge in [-0.3, -0.25) is 4.79 Å². The van der Waals surface area contributed by atoms with Crippen LogP contribution in [0, 0.1) is 15.5 Å². The Morgan fingerprint density at radius 1 is 1.04 bits per heavy atom. The first-order valence-corrected chi connectivity index (χ1v) is 8.14. The highest BCUT2D eigenvalue weighted by atomic mass is 17.0. The summed E-state index contributed by atoms with van der Waals surface area (Å²) >= 11 is 0. The Balaban J connectivity index is 1.68. The molecule has 0 amide bonds. The monoisotopic (exact) mass is 341 g/mol. The summed E-state index contributed by atoms with van der Waals surface area (Å²) in [5.41, 5.74) is 1.14. The van der Waals surface area contributed by atoms with Crippen LogP contribution in [-0.2, 0) is 27.4 Å². The highest BCUT2D eigenvalue weighted by Crippen LogP contribution is 2.46. The minimum atomic E-state index is -0.799. The number of esters is 1. The van der Waals surface area contributed by atoms with Gasteiger partial charge in [-0.1, -0.05) is 60.7 Å². The Morgan fingerprint density at radius 3 is 2.16 bits per heavy atom. The minimum Gasteiger partial charge on any atom is -0.460 e. The first-order valence-electron chi connectivity index (χ1n) is 8.14. The van der Waals surface area contributed by atoms with Crippen LogP contribution in [0.5, 0.6) is 0 Å². The van der Waals surface area contributed by atoms with Crippen molar-refractivity contribution in [2.24, 2.45) is 5.41 Å². The molecule has 0 spiro atoms. The molecule has 0 radical (unpaired) electrons. The van der Waals surface area contributed by atoms with Crippen LogP contribution in [0.3, 0.4) is 0 Å². The summed E-state index contributed by atoms with van der Waals surface area (Å²) < 4.78 is 5.50. The second-order valence-corrected chi connectivity index (χ2v) is 6.36. The smallest absolute Gasteiger partial charge is 0.312 e. The Kier molecular flexibility index (Phi) is 4.97. The van der Waals surface area contributed by atoms with Crippen LogP contribution >= 0.6 is 0 Å². The summed E-state index contributed by atoms with van der Waals surface area (Å²) in [6.45, 7) is 0.191. The largest absolute Gasteiger partial charge is 0.460 e. The molecule has 0 saturated heterocycles. The van der Waals surface area contributed by atoms with Gasteiger partial charge >= 0.3 is 5.97 Å². The fourth-order valence-electron chi connectivity index (χ4n) is 3.25. The van der Waals surface area contributed by atoms with E-state index in [1.807, 2.05) is 60.7 Å². The maximum Gasteiger partial charge on any atom is 0.312 e. The second kappa shape index (κ2) is 7.34. The first kappa shape index (κ1) is 17.0. The van der Waals surface area contributed by atoms with E-state index >= 15 is 0 Å². The maximum atomic E-state index is 12.7. The van der Waals surface area contributed by atoms with Crippen molar-refractivity contribution in [3.05, 3.63) is 81.9 Å². The SMILES string of the molecule is O=C(OCc1ccccc1)C1(Cc2ccccc2)CC(O[N+](=O)[O-])C1. The molecule has 25 heavy (non-hydrogen) atoms. The van der Waals surface area contributed by atoms with Gasteiger partial charge in [0.15, 0.2) is 0 Å². The van der Waals surface area contributed by atoms with Gasteiger partial charge in [-0.05, 0) is 30.4 Å². The van der Waals surface area contributed by atoms with Gasteiger partial charge in [-0.2, -0.15) is 0 Å². The van der Waals surface area contributed by atoms with E-state index in [1.54, 1.807) is 0 Å². The molecule has 0 bridgehead atoms. The lowest BCUT2D eigenvalue weighted by atomic mass is 9.63. The Bertz CT molecular complexity index is 726. The number of rotatable bonds is 7. The zero-order valence-electron chi connectivity index (χ0n) is 13.7. The third kappa shape index (κ3) is 4.15. The lowest BCUT2D eigenvalue weighted by Gasteiger charge is -2.44. The fraction of sp³-hybridized carbons (Fsp3) is 0.316. The normalized spacial score (nSPS) is 21.8. The third-order valence-electron chi connectivity index (χ3n) is 4.50. The number of ether oxygens (including phenoxy) is 1. The predicted molar refractivity (Wildman–Crippen MR) is 89.9 cm³/mol. The summed E-state index contributed by atoms with van der Waals surface area (Å²) in [5, 5.41) is 9.72. The molecule has 6 heteroatoms. The Labute approximate surface area is 145 Å². The summed E-state index contributed by atoms with van der Waals surface area (Å²) in [5.74, 6) is -0.330. The van der Waals surface area contributed by atoms with Gasteiger partial charge in [-0.15, -0.1) is 10.1 Å².